The number of hydrogen-bond acceptors (Lipinski definition) is 3. The topological polar surface area (TPSA) is 46.5 Å². The van der Waals surface area contributed by atoms with Crippen LogP contribution < -0.4 is 0 Å². The predicted molar refractivity (Wildman–Crippen MR) is 137 cm³/mol. The van der Waals surface area contributed by atoms with Crippen LogP contribution in [0.15, 0.2) is 11.6 Å². The lowest BCUT2D eigenvalue weighted by molar-refractivity contribution is -0.207. The van der Waals surface area contributed by atoms with E-state index in [1.54, 1.807) is 12.7 Å². The molecule has 0 radical (unpaired) electrons. The van der Waals surface area contributed by atoms with Crippen molar-refractivity contribution in [3.63, 3.8) is 0 Å². The molecule has 4 fully saturated rings. The number of aliphatic hydroxyl groups excluding tert-OH is 1. The van der Waals surface area contributed by atoms with Gasteiger partial charge >= 0.3 is 5.97 Å². The third kappa shape index (κ3) is 2.83. The fourth-order valence-electron chi connectivity index (χ4n) is 11.0. The van der Waals surface area contributed by atoms with E-state index in [9.17, 15) is 9.90 Å². The monoisotopic (exact) mass is 470 g/mol. The lowest BCUT2D eigenvalue weighted by atomic mass is 9.33. The summed E-state index contributed by atoms with van der Waals surface area (Å²) >= 11 is 0. The number of carbonyl (C=O) groups excluding carboxylic acids is 1. The molecule has 0 aromatic carbocycles. The second kappa shape index (κ2) is 7.59. The van der Waals surface area contributed by atoms with Crippen molar-refractivity contribution in [2.75, 3.05) is 7.11 Å². The van der Waals surface area contributed by atoms with E-state index in [-0.39, 0.29) is 39.1 Å². The largest absolute Gasteiger partial charge is 0.469 e. The molecule has 3 nitrogen and oxygen atoms in total. The van der Waals surface area contributed by atoms with Gasteiger partial charge in [-0.05, 0) is 109 Å². The molecule has 34 heavy (non-hydrogen) atoms. The van der Waals surface area contributed by atoms with Gasteiger partial charge in [0, 0.05) is 0 Å². The first-order chi connectivity index (χ1) is 15.8. The van der Waals surface area contributed by atoms with Crippen LogP contribution in [0.2, 0.25) is 0 Å². The average molecular weight is 471 g/mol. The summed E-state index contributed by atoms with van der Waals surface area (Å²) in [6.45, 7) is 17.2. The quantitative estimate of drug-likeness (QED) is 0.326. The Morgan fingerprint density at radius 2 is 1.65 bits per heavy atom. The van der Waals surface area contributed by atoms with E-state index in [1.807, 2.05) is 0 Å². The third-order valence-electron chi connectivity index (χ3n) is 13.6. The highest BCUT2D eigenvalue weighted by Gasteiger charge is 2.69. The van der Waals surface area contributed by atoms with Gasteiger partial charge in [0.1, 0.15) is 0 Å². The van der Waals surface area contributed by atoms with Crippen LogP contribution in [0.25, 0.3) is 0 Å². The number of fused-ring (bicyclic) bond motifs is 7. The first-order valence-electron chi connectivity index (χ1n) is 14.3. The van der Waals surface area contributed by atoms with Crippen LogP contribution in [0.1, 0.15) is 106 Å². The molecule has 5 aliphatic carbocycles. The van der Waals surface area contributed by atoms with Gasteiger partial charge in [-0.15, -0.1) is 0 Å². The summed E-state index contributed by atoms with van der Waals surface area (Å²) < 4.78 is 5.51. The molecule has 0 amide bonds. The Labute approximate surface area is 208 Å². The van der Waals surface area contributed by atoms with Crippen LogP contribution in [-0.4, -0.2) is 24.3 Å². The first kappa shape index (κ1) is 24.8. The van der Waals surface area contributed by atoms with Crippen molar-refractivity contribution >= 4 is 5.97 Å². The zero-order valence-corrected chi connectivity index (χ0v) is 23.2. The van der Waals surface area contributed by atoms with Gasteiger partial charge in [-0.3, -0.25) is 4.79 Å². The lowest BCUT2D eigenvalue weighted by Gasteiger charge is -2.71. The fourth-order valence-corrected chi connectivity index (χ4v) is 11.0. The normalized spacial score (nSPS) is 54.0. The molecule has 4 saturated carbocycles. The van der Waals surface area contributed by atoms with Crippen LogP contribution >= 0.6 is 0 Å². The molecule has 192 valence electrons. The summed E-state index contributed by atoms with van der Waals surface area (Å²) in [5, 5.41) is 10.9. The molecule has 0 aliphatic heterocycles. The molecular formula is C31H50O3. The molecule has 5 rings (SSSR count). The number of esters is 1. The van der Waals surface area contributed by atoms with Gasteiger partial charge < -0.3 is 9.84 Å². The Balaban J connectivity index is 1.61. The summed E-state index contributed by atoms with van der Waals surface area (Å²) in [6.07, 6.45) is 12.3. The Hall–Kier alpha value is -0.830. The minimum atomic E-state index is -0.326. The van der Waals surface area contributed by atoms with Gasteiger partial charge in [-0.2, -0.15) is 0 Å². The van der Waals surface area contributed by atoms with E-state index in [4.69, 9.17) is 4.74 Å². The molecule has 0 heterocycles. The highest BCUT2D eigenvalue weighted by atomic mass is 16.5. The Bertz CT molecular complexity index is 889. The molecule has 10 atom stereocenters. The molecule has 5 aliphatic rings. The van der Waals surface area contributed by atoms with Gasteiger partial charge in [0.25, 0.3) is 0 Å². The molecule has 0 bridgehead atoms. The average Bonchev–Trinajstić information content (AvgIpc) is 2.79. The van der Waals surface area contributed by atoms with Crippen LogP contribution in [-0.2, 0) is 9.53 Å². The molecule has 1 N–H and O–H groups in total. The zero-order valence-electron chi connectivity index (χ0n) is 23.2. The third-order valence-corrected chi connectivity index (χ3v) is 13.6. The van der Waals surface area contributed by atoms with Crippen molar-refractivity contribution in [1.29, 1.82) is 0 Å². The summed E-state index contributed by atoms with van der Waals surface area (Å²) in [5.74, 6) is 2.73. The van der Waals surface area contributed by atoms with Gasteiger partial charge in [0.05, 0.1) is 18.6 Å². The van der Waals surface area contributed by atoms with Crippen LogP contribution in [0.3, 0.4) is 0 Å². The maximum Gasteiger partial charge on any atom is 0.312 e. The second-order valence-electron chi connectivity index (χ2n) is 14.7. The van der Waals surface area contributed by atoms with E-state index in [2.05, 4.69) is 54.5 Å². The van der Waals surface area contributed by atoms with Crippen molar-refractivity contribution in [2.24, 2.45) is 56.7 Å². The molecule has 0 saturated heterocycles. The van der Waals surface area contributed by atoms with E-state index in [0.717, 1.165) is 44.9 Å². The summed E-state index contributed by atoms with van der Waals surface area (Å²) in [7, 11) is 1.60. The van der Waals surface area contributed by atoms with Crippen molar-refractivity contribution in [1.82, 2.24) is 0 Å². The zero-order chi connectivity index (χ0) is 24.9. The number of methoxy groups -OCH3 is 1. The number of ether oxygens (including phenoxy) is 1. The van der Waals surface area contributed by atoms with Crippen molar-refractivity contribution in [2.45, 2.75) is 112 Å². The Morgan fingerprint density at radius 1 is 0.941 bits per heavy atom. The van der Waals surface area contributed by atoms with E-state index in [0.29, 0.717) is 29.6 Å². The Kier molecular flexibility index (Phi) is 5.55. The minimum absolute atomic E-state index is 0.0147. The van der Waals surface area contributed by atoms with Gasteiger partial charge in [0.2, 0.25) is 0 Å². The summed E-state index contributed by atoms with van der Waals surface area (Å²) in [6, 6.07) is 0. The van der Waals surface area contributed by atoms with Crippen molar-refractivity contribution in [3.8, 4) is 0 Å². The van der Waals surface area contributed by atoms with Gasteiger partial charge in [-0.25, -0.2) is 0 Å². The highest BCUT2D eigenvalue weighted by Crippen LogP contribution is 2.75. The summed E-state index contributed by atoms with van der Waals surface area (Å²) in [5.41, 5.74) is 1.91. The molecule has 0 aromatic rings. The van der Waals surface area contributed by atoms with Gasteiger partial charge in [0.15, 0.2) is 0 Å². The SMILES string of the molecule is COC(=O)[C@]12CC[C@@H](C)[C@H](C)C1C1=CC[C@@H]3[C@@]4(C)CC[C@H](O)C(C)(C)[C@@H]4CC[C@@]3(C)[C@]1(C)CC2. The highest BCUT2D eigenvalue weighted by molar-refractivity contribution is 5.78. The maximum atomic E-state index is 13.4. The first-order valence-corrected chi connectivity index (χ1v) is 14.3. The van der Waals surface area contributed by atoms with E-state index in [1.165, 1.54) is 12.8 Å². The number of aliphatic hydroxyl groups is 1. The summed E-state index contributed by atoms with van der Waals surface area (Å²) in [4.78, 5) is 13.4. The smallest absolute Gasteiger partial charge is 0.312 e. The van der Waals surface area contributed by atoms with E-state index < -0.39 is 0 Å². The number of rotatable bonds is 1. The standard InChI is InChI=1S/C31H50O3/c1-19-11-16-31(26(33)34-8)18-17-29(6)21(25(31)20(19)2)9-10-23-28(5)14-13-24(32)27(3,4)22(28)12-15-30(23,29)7/h9,19-20,22-25,32H,10-18H2,1-8H3/t19-,20+,22+,23-,24+,25?,28+,29-,30-,31+/m1/s1. The van der Waals surface area contributed by atoms with Crippen LogP contribution in [0, 0.1) is 56.7 Å². The number of hydrogen-bond donors (Lipinski definition) is 1. The van der Waals surface area contributed by atoms with Crippen LogP contribution in [0.5, 0.6) is 0 Å². The van der Waals surface area contributed by atoms with Gasteiger partial charge in [-0.1, -0.05) is 60.1 Å². The van der Waals surface area contributed by atoms with Crippen molar-refractivity contribution < 1.29 is 14.6 Å². The molecule has 0 aromatic heterocycles. The number of allylic oxidation sites excluding steroid dienone is 2. The second-order valence-corrected chi connectivity index (χ2v) is 14.7. The van der Waals surface area contributed by atoms with E-state index >= 15 is 0 Å². The maximum absolute atomic E-state index is 13.4. The predicted octanol–water partition coefficient (Wildman–Crippen LogP) is 7.18. The Morgan fingerprint density at radius 3 is 2.32 bits per heavy atom. The molecular weight excluding hydrogens is 420 g/mol. The van der Waals surface area contributed by atoms with Crippen molar-refractivity contribution in [3.05, 3.63) is 11.6 Å². The fraction of sp³-hybridized carbons (Fsp3) is 0.903. The molecule has 1 unspecified atom stereocenters. The number of carbonyl (C=O) groups is 1. The minimum Gasteiger partial charge on any atom is -0.469 e. The molecule has 3 heteroatoms. The van der Waals surface area contributed by atoms with Crippen LogP contribution in [0.4, 0.5) is 0 Å². The molecule has 0 spiro atoms. The lowest BCUT2D eigenvalue weighted by Crippen LogP contribution is -2.65.